The van der Waals surface area contributed by atoms with Crippen LogP contribution in [0.2, 0.25) is 0 Å². The van der Waals surface area contributed by atoms with Gasteiger partial charge in [-0.2, -0.15) is 0 Å². The lowest BCUT2D eigenvalue weighted by Crippen LogP contribution is -2.77. The van der Waals surface area contributed by atoms with E-state index in [2.05, 4.69) is 10.6 Å². The van der Waals surface area contributed by atoms with Gasteiger partial charge in [-0.1, -0.05) is 12.1 Å². The van der Waals surface area contributed by atoms with Crippen molar-refractivity contribution in [3.8, 4) is 0 Å². The maximum absolute atomic E-state index is 12.8. The number of fused-ring (bicyclic) bond motifs is 1. The van der Waals surface area contributed by atoms with E-state index in [1.807, 2.05) is 0 Å². The lowest BCUT2D eigenvalue weighted by atomic mass is 9.99. The number of amides is 2. The maximum atomic E-state index is 12.8. The van der Waals surface area contributed by atoms with Crippen LogP contribution in [0.3, 0.4) is 0 Å². The first-order chi connectivity index (χ1) is 16.2. The third kappa shape index (κ3) is 6.46. The summed E-state index contributed by atoms with van der Waals surface area (Å²) in [6, 6.07) is 4.74. The van der Waals surface area contributed by atoms with Gasteiger partial charge < -0.3 is 30.1 Å². The van der Waals surface area contributed by atoms with Gasteiger partial charge >= 0.3 is 11.9 Å². The summed E-state index contributed by atoms with van der Waals surface area (Å²) in [7, 11) is 0. The number of nitrogens with one attached hydrogen (secondary N) is 2. The van der Waals surface area contributed by atoms with Crippen molar-refractivity contribution < 1.29 is 33.8 Å². The number of thioether (sulfide) groups is 1. The van der Waals surface area contributed by atoms with Crippen molar-refractivity contribution in [2.24, 2.45) is 0 Å². The molecule has 1 aromatic carbocycles. The fourth-order valence-corrected chi connectivity index (χ4v) is 5.10. The minimum Gasteiger partial charge on any atom is -0.458 e. The SMILES string of the molecule is CC(C)(C)OC(=O)c1ccccc1NCC(=O)N[C@@H]1C(=O)N2C(C(=O)OC(C)(C)C)C(O)CS[C@H]12. The van der Waals surface area contributed by atoms with Gasteiger partial charge in [-0.15, -0.1) is 11.8 Å². The van der Waals surface area contributed by atoms with Crippen LogP contribution in [0, 0.1) is 0 Å². The van der Waals surface area contributed by atoms with E-state index < -0.39 is 58.5 Å². The van der Waals surface area contributed by atoms with E-state index in [1.54, 1.807) is 65.8 Å². The van der Waals surface area contributed by atoms with E-state index in [0.29, 0.717) is 5.69 Å². The summed E-state index contributed by atoms with van der Waals surface area (Å²) < 4.78 is 10.8. The number of ether oxygens (including phenoxy) is 2. The second-order valence-corrected chi connectivity index (χ2v) is 11.6. The second-order valence-electron chi connectivity index (χ2n) is 10.5. The van der Waals surface area contributed by atoms with E-state index >= 15 is 0 Å². The number of benzene rings is 1. The highest BCUT2D eigenvalue weighted by atomic mass is 32.2. The Bertz CT molecular complexity index is 1000. The predicted molar refractivity (Wildman–Crippen MR) is 131 cm³/mol. The minimum absolute atomic E-state index is 0.181. The predicted octanol–water partition coefficient (Wildman–Crippen LogP) is 1.52. The Balaban J connectivity index is 1.60. The van der Waals surface area contributed by atoms with Gasteiger partial charge in [0.05, 0.1) is 18.2 Å². The summed E-state index contributed by atoms with van der Waals surface area (Å²) in [6.07, 6.45) is -1.06. The van der Waals surface area contributed by atoms with Crippen molar-refractivity contribution in [3.63, 3.8) is 0 Å². The fourth-order valence-electron chi connectivity index (χ4n) is 3.75. The van der Waals surface area contributed by atoms with Crippen molar-refractivity contribution in [2.45, 2.75) is 76.3 Å². The van der Waals surface area contributed by atoms with Crippen LogP contribution in [0.1, 0.15) is 51.9 Å². The van der Waals surface area contributed by atoms with Crippen LogP contribution < -0.4 is 10.6 Å². The normalized spacial score (nSPS) is 24.1. The van der Waals surface area contributed by atoms with Gasteiger partial charge in [0.25, 0.3) is 0 Å². The first-order valence-electron chi connectivity index (χ1n) is 11.4. The van der Waals surface area contributed by atoms with Crippen LogP contribution in [0.4, 0.5) is 5.69 Å². The number of hydrogen-bond acceptors (Lipinski definition) is 9. The van der Waals surface area contributed by atoms with Gasteiger partial charge in [0, 0.05) is 11.4 Å². The van der Waals surface area contributed by atoms with Gasteiger partial charge in [0.15, 0.2) is 6.04 Å². The number of esters is 2. The first kappa shape index (κ1) is 26.8. The van der Waals surface area contributed by atoms with Gasteiger partial charge in [-0.05, 0) is 53.7 Å². The van der Waals surface area contributed by atoms with Crippen molar-refractivity contribution in [1.82, 2.24) is 10.2 Å². The summed E-state index contributed by atoms with van der Waals surface area (Å²) in [5, 5.41) is 15.5. The van der Waals surface area contributed by atoms with Crippen molar-refractivity contribution in [3.05, 3.63) is 29.8 Å². The number of hydrogen-bond donors (Lipinski definition) is 3. The molecule has 2 aliphatic rings. The summed E-state index contributed by atoms with van der Waals surface area (Å²) >= 11 is 1.29. The van der Waals surface area contributed by atoms with Gasteiger partial charge in [0.1, 0.15) is 22.6 Å². The van der Waals surface area contributed by atoms with Crippen LogP contribution in [0.25, 0.3) is 0 Å². The molecular formula is C24H33N3O7S. The molecule has 2 amide bonds. The number of carbonyl (C=O) groups excluding carboxylic acids is 4. The molecule has 0 spiro atoms. The number of nitrogens with zero attached hydrogens (tertiary/aromatic N) is 1. The number of β-lactam (4-membered cyclic amide) rings is 1. The number of rotatable bonds is 6. The highest BCUT2D eigenvalue weighted by Gasteiger charge is 2.58. The van der Waals surface area contributed by atoms with E-state index in [9.17, 15) is 24.3 Å². The zero-order chi connectivity index (χ0) is 26.1. The molecule has 11 heteroatoms. The fraction of sp³-hybridized carbons (Fsp3) is 0.583. The van der Waals surface area contributed by atoms with E-state index in [-0.39, 0.29) is 17.9 Å². The lowest BCUT2D eigenvalue weighted by Gasteiger charge is -2.53. The summed E-state index contributed by atoms with van der Waals surface area (Å²) in [5.41, 5.74) is -0.711. The highest BCUT2D eigenvalue weighted by Crippen LogP contribution is 2.39. The quantitative estimate of drug-likeness (QED) is 0.387. The van der Waals surface area contributed by atoms with Crippen LogP contribution >= 0.6 is 11.8 Å². The molecule has 2 saturated heterocycles. The molecule has 4 atom stereocenters. The molecular weight excluding hydrogens is 474 g/mol. The number of para-hydroxylation sites is 1. The molecule has 0 radical (unpaired) electrons. The minimum atomic E-state index is -1.11. The lowest BCUT2D eigenvalue weighted by molar-refractivity contribution is -0.178. The molecule has 192 valence electrons. The molecule has 10 nitrogen and oxygen atoms in total. The van der Waals surface area contributed by atoms with E-state index in [1.165, 1.54) is 16.7 Å². The molecule has 1 aromatic rings. The number of aliphatic hydroxyl groups excluding tert-OH is 1. The number of aliphatic hydroxyl groups is 1. The first-order valence-corrected chi connectivity index (χ1v) is 12.4. The summed E-state index contributed by atoms with van der Waals surface area (Å²) in [4.78, 5) is 51.8. The second kappa shape index (κ2) is 10.1. The largest absolute Gasteiger partial charge is 0.458 e. The smallest absolute Gasteiger partial charge is 0.340 e. The molecule has 2 aliphatic heterocycles. The van der Waals surface area contributed by atoms with Crippen molar-refractivity contribution in [1.29, 1.82) is 0 Å². The Hall–Kier alpha value is -2.79. The Morgan fingerprint density at radius 1 is 1.09 bits per heavy atom. The molecule has 2 heterocycles. The molecule has 3 N–H and O–H groups in total. The molecule has 0 aromatic heterocycles. The highest BCUT2D eigenvalue weighted by molar-refractivity contribution is 8.00. The van der Waals surface area contributed by atoms with E-state index in [0.717, 1.165) is 0 Å². The third-order valence-corrected chi connectivity index (χ3v) is 6.51. The standard InChI is InChI=1S/C24H33N3O7S/c1-23(2,3)33-21(31)13-9-7-8-10-14(13)25-11-16(29)26-17-19(30)27-18(15(28)12-35-20(17)27)22(32)34-24(4,5)6/h7-10,15,17-18,20,25,28H,11-12H2,1-6H3,(H,26,29)/t15?,17-,18?,20-/m1/s1. The average Bonchev–Trinajstić information content (AvgIpc) is 2.73. The van der Waals surface area contributed by atoms with Gasteiger partial charge in [-0.25, -0.2) is 9.59 Å². The summed E-state index contributed by atoms with van der Waals surface area (Å²) in [6.45, 7) is 10.2. The van der Waals surface area contributed by atoms with Crippen LogP contribution in [0.15, 0.2) is 24.3 Å². The molecule has 2 unspecified atom stereocenters. The molecule has 0 saturated carbocycles. The molecule has 0 aliphatic carbocycles. The molecule has 2 fully saturated rings. The molecule has 3 rings (SSSR count). The van der Waals surface area contributed by atoms with Gasteiger partial charge in [0.2, 0.25) is 11.8 Å². The van der Waals surface area contributed by atoms with Crippen LogP contribution in [-0.4, -0.2) is 80.8 Å². The Morgan fingerprint density at radius 2 is 1.71 bits per heavy atom. The number of anilines is 1. The van der Waals surface area contributed by atoms with Crippen molar-refractivity contribution in [2.75, 3.05) is 17.6 Å². The maximum Gasteiger partial charge on any atom is 0.340 e. The Labute approximate surface area is 209 Å². The molecule has 0 bridgehead atoms. The van der Waals surface area contributed by atoms with E-state index in [4.69, 9.17) is 9.47 Å². The number of carbonyl (C=O) groups is 4. The monoisotopic (exact) mass is 507 g/mol. The third-order valence-electron chi connectivity index (χ3n) is 5.13. The summed E-state index contributed by atoms with van der Waals surface area (Å²) in [5.74, 6) is -1.88. The molecule has 35 heavy (non-hydrogen) atoms. The average molecular weight is 508 g/mol. The van der Waals surface area contributed by atoms with Crippen molar-refractivity contribution >= 4 is 41.2 Å². The van der Waals surface area contributed by atoms with Gasteiger partial charge in [-0.3, -0.25) is 9.59 Å². The topological polar surface area (TPSA) is 134 Å². The Kier molecular flexibility index (Phi) is 7.71. The Morgan fingerprint density at radius 3 is 2.34 bits per heavy atom. The van der Waals surface area contributed by atoms with Crippen LogP contribution in [0.5, 0.6) is 0 Å². The zero-order valence-electron chi connectivity index (χ0n) is 20.8. The zero-order valence-corrected chi connectivity index (χ0v) is 21.6. The van der Waals surface area contributed by atoms with Crippen LogP contribution in [-0.2, 0) is 23.9 Å².